The molecule has 0 radical (unpaired) electrons. The van der Waals surface area contributed by atoms with E-state index in [1.165, 1.54) is 16.7 Å². The number of benzene rings is 2. The summed E-state index contributed by atoms with van der Waals surface area (Å²) in [6, 6.07) is 16.6. The van der Waals surface area contributed by atoms with Gasteiger partial charge in [-0.2, -0.15) is 0 Å². The van der Waals surface area contributed by atoms with Crippen molar-refractivity contribution >= 4 is 11.8 Å². The second-order valence-corrected chi connectivity index (χ2v) is 4.11. The highest BCUT2D eigenvalue weighted by atomic mass is 14.6. The van der Waals surface area contributed by atoms with Crippen molar-refractivity contribution in [3.8, 4) is 11.1 Å². The fourth-order valence-electron chi connectivity index (χ4n) is 2.20. The summed E-state index contributed by atoms with van der Waals surface area (Å²) in [5, 5.41) is 0. The Hall–Kier alpha value is -2.28. The van der Waals surface area contributed by atoms with Crippen LogP contribution in [0.2, 0.25) is 0 Å². The van der Waals surface area contributed by atoms with Gasteiger partial charge in [0.15, 0.2) is 0 Å². The van der Waals surface area contributed by atoms with Gasteiger partial charge in [0.25, 0.3) is 0 Å². The van der Waals surface area contributed by atoms with Crippen LogP contribution < -0.4 is 5.73 Å². The van der Waals surface area contributed by atoms with Crippen molar-refractivity contribution in [3.05, 3.63) is 71.8 Å². The van der Waals surface area contributed by atoms with Crippen molar-refractivity contribution in [2.24, 2.45) is 5.73 Å². The Morgan fingerprint density at radius 1 is 0.706 bits per heavy atom. The molecule has 0 spiro atoms. The quantitative estimate of drug-likeness (QED) is 0.718. The summed E-state index contributed by atoms with van der Waals surface area (Å²) in [7, 11) is 0. The first-order chi connectivity index (χ1) is 8.36. The van der Waals surface area contributed by atoms with Crippen molar-refractivity contribution in [3.63, 3.8) is 0 Å². The standard InChI is InChI=1S/C16H13N/c17-16-11-5-7-12-6-1-2-8-13(12)14-9-3-4-10-15(14)16/h1-11H,17H2/b7-5-,11-5?,12-7?,14-13?,16-11+,16-15?. The molecule has 0 bridgehead atoms. The normalized spacial score (nSPS) is 18.0. The third-order valence-electron chi connectivity index (χ3n) is 3.04. The molecule has 1 aliphatic rings. The predicted molar refractivity (Wildman–Crippen MR) is 73.1 cm³/mol. The van der Waals surface area contributed by atoms with E-state index in [9.17, 15) is 0 Å². The summed E-state index contributed by atoms with van der Waals surface area (Å²) in [5.41, 5.74) is 11.6. The highest BCUT2D eigenvalue weighted by Crippen LogP contribution is 2.31. The van der Waals surface area contributed by atoms with E-state index < -0.39 is 0 Å². The molecule has 2 aromatic rings. The summed E-state index contributed by atoms with van der Waals surface area (Å²) in [4.78, 5) is 0. The number of fused-ring (bicyclic) bond motifs is 3. The van der Waals surface area contributed by atoms with Crippen LogP contribution in [0.15, 0.2) is 60.7 Å². The van der Waals surface area contributed by atoms with Gasteiger partial charge in [-0.15, -0.1) is 0 Å². The number of rotatable bonds is 0. The van der Waals surface area contributed by atoms with Gasteiger partial charge in [-0.05, 0) is 22.8 Å². The topological polar surface area (TPSA) is 26.0 Å². The molecule has 1 heteroatoms. The zero-order chi connectivity index (χ0) is 11.7. The lowest BCUT2D eigenvalue weighted by molar-refractivity contribution is 1.48. The van der Waals surface area contributed by atoms with Crippen LogP contribution in [0, 0.1) is 0 Å². The van der Waals surface area contributed by atoms with E-state index in [0.717, 1.165) is 11.3 Å². The molecule has 3 rings (SSSR count). The number of nitrogens with two attached hydrogens (primary N) is 1. The highest BCUT2D eigenvalue weighted by Gasteiger charge is 2.10. The van der Waals surface area contributed by atoms with Gasteiger partial charge in [0.2, 0.25) is 0 Å². The molecule has 0 aliphatic heterocycles. The van der Waals surface area contributed by atoms with E-state index >= 15 is 0 Å². The van der Waals surface area contributed by atoms with Crippen LogP contribution in [-0.4, -0.2) is 0 Å². The molecule has 0 aromatic heterocycles. The maximum absolute atomic E-state index is 6.08. The third-order valence-corrected chi connectivity index (χ3v) is 3.04. The molecular weight excluding hydrogens is 206 g/mol. The molecule has 2 aromatic carbocycles. The van der Waals surface area contributed by atoms with E-state index in [2.05, 4.69) is 42.5 Å². The van der Waals surface area contributed by atoms with Crippen LogP contribution >= 0.6 is 0 Å². The van der Waals surface area contributed by atoms with Gasteiger partial charge in [0, 0.05) is 11.3 Å². The molecule has 0 atom stereocenters. The fraction of sp³-hybridized carbons (Fsp3) is 0. The Labute approximate surface area is 101 Å². The first-order valence-corrected chi connectivity index (χ1v) is 5.69. The molecule has 0 unspecified atom stereocenters. The summed E-state index contributed by atoms with van der Waals surface area (Å²) in [5.74, 6) is 0. The van der Waals surface area contributed by atoms with Gasteiger partial charge in [-0.3, -0.25) is 0 Å². The molecule has 82 valence electrons. The molecule has 1 nitrogen and oxygen atoms in total. The maximum atomic E-state index is 6.08. The molecule has 17 heavy (non-hydrogen) atoms. The lowest BCUT2D eigenvalue weighted by Crippen LogP contribution is -2.00. The molecule has 2 N–H and O–H groups in total. The van der Waals surface area contributed by atoms with Crippen molar-refractivity contribution in [1.29, 1.82) is 0 Å². The first kappa shape index (κ1) is 9.91. The Morgan fingerprint density at radius 2 is 1.35 bits per heavy atom. The number of hydrogen-bond acceptors (Lipinski definition) is 1. The van der Waals surface area contributed by atoms with Gasteiger partial charge >= 0.3 is 0 Å². The molecular formula is C16H13N. The lowest BCUT2D eigenvalue weighted by Gasteiger charge is -2.14. The average Bonchev–Trinajstić information content (AvgIpc) is 2.37. The van der Waals surface area contributed by atoms with Crippen LogP contribution in [-0.2, 0) is 0 Å². The van der Waals surface area contributed by atoms with E-state index in [1.54, 1.807) is 0 Å². The van der Waals surface area contributed by atoms with Crippen LogP contribution in [0.25, 0.3) is 22.9 Å². The number of allylic oxidation sites excluding steroid dienone is 2. The zero-order valence-electron chi connectivity index (χ0n) is 9.43. The van der Waals surface area contributed by atoms with Gasteiger partial charge in [-0.1, -0.05) is 60.7 Å². The average molecular weight is 219 g/mol. The monoisotopic (exact) mass is 219 g/mol. The van der Waals surface area contributed by atoms with Crippen LogP contribution in [0.1, 0.15) is 11.1 Å². The molecule has 0 amide bonds. The second-order valence-electron chi connectivity index (χ2n) is 4.11. The van der Waals surface area contributed by atoms with E-state index in [0.29, 0.717) is 0 Å². The van der Waals surface area contributed by atoms with Crippen LogP contribution in [0.5, 0.6) is 0 Å². The minimum atomic E-state index is 0.811. The summed E-state index contributed by atoms with van der Waals surface area (Å²) >= 11 is 0. The SMILES string of the molecule is N/C1=C/C=C\c2ccccc2-c2ccccc21. The Balaban J connectivity index is 2.36. The largest absolute Gasteiger partial charge is 0.398 e. The van der Waals surface area contributed by atoms with Gasteiger partial charge in [0.1, 0.15) is 0 Å². The van der Waals surface area contributed by atoms with Gasteiger partial charge in [-0.25, -0.2) is 0 Å². The molecule has 1 aliphatic carbocycles. The van der Waals surface area contributed by atoms with Crippen molar-refractivity contribution < 1.29 is 0 Å². The third kappa shape index (κ3) is 1.66. The first-order valence-electron chi connectivity index (χ1n) is 5.69. The smallest absolute Gasteiger partial charge is 0.0393 e. The van der Waals surface area contributed by atoms with Gasteiger partial charge in [0.05, 0.1) is 0 Å². The fourth-order valence-corrected chi connectivity index (χ4v) is 2.20. The minimum Gasteiger partial charge on any atom is -0.398 e. The van der Waals surface area contributed by atoms with Crippen molar-refractivity contribution in [1.82, 2.24) is 0 Å². The van der Waals surface area contributed by atoms with E-state index in [4.69, 9.17) is 5.73 Å². The molecule has 0 heterocycles. The second kappa shape index (κ2) is 3.95. The van der Waals surface area contributed by atoms with Crippen molar-refractivity contribution in [2.45, 2.75) is 0 Å². The predicted octanol–water partition coefficient (Wildman–Crippen LogP) is 3.68. The summed E-state index contributed by atoms with van der Waals surface area (Å²) in [6.07, 6.45) is 6.05. The van der Waals surface area contributed by atoms with E-state index in [1.807, 2.05) is 24.3 Å². The van der Waals surface area contributed by atoms with Crippen LogP contribution in [0.4, 0.5) is 0 Å². The van der Waals surface area contributed by atoms with E-state index in [-0.39, 0.29) is 0 Å². The van der Waals surface area contributed by atoms with Crippen LogP contribution in [0.3, 0.4) is 0 Å². The zero-order valence-corrected chi connectivity index (χ0v) is 9.43. The Bertz CT molecular complexity index is 621. The Morgan fingerprint density at radius 3 is 2.18 bits per heavy atom. The van der Waals surface area contributed by atoms with Crippen molar-refractivity contribution in [2.75, 3.05) is 0 Å². The molecule has 0 saturated heterocycles. The van der Waals surface area contributed by atoms with Gasteiger partial charge < -0.3 is 5.73 Å². The maximum Gasteiger partial charge on any atom is 0.0393 e. The summed E-state index contributed by atoms with van der Waals surface area (Å²) < 4.78 is 0. The molecule has 0 fully saturated rings. The molecule has 0 saturated carbocycles. The number of hydrogen-bond donors (Lipinski definition) is 1. The highest BCUT2D eigenvalue weighted by molar-refractivity contribution is 5.87. The lowest BCUT2D eigenvalue weighted by atomic mass is 9.92. The Kier molecular flexibility index (Phi) is 2.30. The minimum absolute atomic E-state index is 0.811. The summed E-state index contributed by atoms with van der Waals surface area (Å²) in [6.45, 7) is 0.